The summed E-state index contributed by atoms with van der Waals surface area (Å²) in [5, 5.41) is 73.0. The van der Waals surface area contributed by atoms with Crippen LogP contribution in [0, 0.1) is 0 Å². The van der Waals surface area contributed by atoms with Crippen molar-refractivity contribution < 1.29 is 171 Å². The van der Waals surface area contributed by atoms with Crippen LogP contribution in [0.15, 0.2) is 104 Å². The Morgan fingerprint density at radius 1 is 0.654 bits per heavy atom. The molecule has 0 unspecified atom stereocenters. The average Bonchev–Trinajstić information content (AvgIpc) is 3.03. The summed E-state index contributed by atoms with van der Waals surface area (Å²) in [5.74, 6) is -6.65. The molecule has 0 aliphatic heterocycles. The van der Waals surface area contributed by atoms with Gasteiger partial charge in [0.2, 0.25) is 0 Å². The van der Waals surface area contributed by atoms with E-state index in [0.29, 0.717) is 0 Å². The van der Waals surface area contributed by atoms with Gasteiger partial charge in [-0.1, -0.05) is 35.8 Å². The van der Waals surface area contributed by atoms with Crippen molar-refractivity contribution in [3.63, 3.8) is 0 Å². The molecule has 16 nitrogen and oxygen atoms in total. The fraction of sp³-hybridized carbons (Fsp3) is 0. The number of aromatic carboxylic acids is 3. The Kier molecular flexibility index (Phi) is 17.8. The van der Waals surface area contributed by atoms with E-state index in [4.69, 9.17) is 10.8 Å². The summed E-state index contributed by atoms with van der Waals surface area (Å²) in [6.45, 7) is 0. The quantitative estimate of drug-likeness (QED) is 0.0547. The summed E-state index contributed by atoms with van der Waals surface area (Å²) in [6.07, 6.45) is 0. The standard InChI is InChI=1S/C31H21N5O11S.4Na/c32-17-4-1-16-11-26(48(45,46)47)27(28(38)19(16)12-17)36-35-24-7-3-15(10-21(24)30(41)42)14-2-6-23(20(9-14)29(39)40)34-33-18-5-8-25(37)22(13-18)31(43)44;;;;/h1-13,37-38H,32H2,(H,39,40)(H,41,42)(H,43,44)(H,45,46,47);;;;/q;4*+1/p-4. The zero-order valence-electron chi connectivity index (χ0n) is 27.8. The number of hydrogen-bond acceptors (Lipinski definition) is 14. The van der Waals surface area contributed by atoms with Crippen LogP contribution in [0.4, 0.5) is 28.4 Å². The van der Waals surface area contributed by atoms with Gasteiger partial charge in [0.1, 0.15) is 4.90 Å². The Labute approximate surface area is 382 Å². The Morgan fingerprint density at radius 2 is 1.19 bits per heavy atom. The maximum Gasteiger partial charge on any atom is 1.00 e. The van der Waals surface area contributed by atoms with E-state index >= 15 is 0 Å². The van der Waals surface area contributed by atoms with Crippen molar-refractivity contribution in [2.45, 2.75) is 4.90 Å². The van der Waals surface area contributed by atoms with Crippen LogP contribution in [0.5, 0.6) is 11.5 Å². The van der Waals surface area contributed by atoms with Crippen LogP contribution in [-0.2, 0) is 10.1 Å². The van der Waals surface area contributed by atoms with Crippen LogP contribution in [0.25, 0.3) is 21.9 Å². The summed E-state index contributed by atoms with van der Waals surface area (Å²) < 4.78 is 33.9. The normalized spacial score (nSPS) is 10.9. The van der Waals surface area contributed by atoms with E-state index in [-0.39, 0.29) is 163 Å². The van der Waals surface area contributed by atoms with Crippen LogP contribution in [0.1, 0.15) is 31.1 Å². The minimum absolute atomic E-state index is 0. The molecule has 0 amide bonds. The molecule has 0 heterocycles. The topological polar surface area (TPSA) is 294 Å². The van der Waals surface area contributed by atoms with Gasteiger partial charge < -0.3 is 40.9 Å². The van der Waals surface area contributed by atoms with Crippen LogP contribution >= 0.6 is 0 Å². The molecule has 5 rings (SSSR count). The van der Waals surface area contributed by atoms with Crippen LogP contribution in [0.2, 0.25) is 0 Å². The second-order valence-corrected chi connectivity index (χ2v) is 11.3. The molecule has 0 radical (unpaired) electrons. The largest absolute Gasteiger partial charge is 1.00 e. The second kappa shape index (κ2) is 19.6. The number of azo groups is 2. The van der Waals surface area contributed by atoms with Crippen molar-refractivity contribution >= 4 is 67.2 Å². The van der Waals surface area contributed by atoms with Gasteiger partial charge in [-0.3, -0.25) is 4.55 Å². The molecule has 0 bridgehead atoms. The molecule has 52 heavy (non-hydrogen) atoms. The summed E-state index contributed by atoms with van der Waals surface area (Å²) in [4.78, 5) is 34.3. The van der Waals surface area contributed by atoms with Gasteiger partial charge in [0.25, 0.3) is 10.1 Å². The molecule has 0 aliphatic carbocycles. The molecule has 0 atom stereocenters. The fourth-order valence-electron chi connectivity index (χ4n) is 4.53. The van der Waals surface area contributed by atoms with E-state index in [1.165, 1.54) is 42.5 Å². The number of nitrogen functional groups attached to an aromatic ring is 1. The van der Waals surface area contributed by atoms with Gasteiger partial charge in [0, 0.05) is 16.8 Å². The molecule has 5 aromatic carbocycles. The van der Waals surface area contributed by atoms with E-state index in [1.807, 2.05) is 0 Å². The first kappa shape index (κ1) is 47.3. The number of benzene rings is 5. The van der Waals surface area contributed by atoms with Crippen LogP contribution in [-0.4, -0.2) is 36.0 Å². The molecule has 0 saturated heterocycles. The molecule has 0 saturated carbocycles. The summed E-state index contributed by atoms with van der Waals surface area (Å²) in [6, 6.07) is 15.3. The van der Waals surface area contributed by atoms with Crippen molar-refractivity contribution in [2.75, 3.05) is 5.73 Å². The van der Waals surface area contributed by atoms with E-state index in [2.05, 4.69) is 20.5 Å². The van der Waals surface area contributed by atoms with E-state index in [0.717, 1.165) is 36.4 Å². The smallest absolute Gasteiger partial charge is 0.872 e. The molecule has 21 heteroatoms. The molecular formula is C31H17N5Na4O11S. The number of rotatable bonds is 9. The van der Waals surface area contributed by atoms with Gasteiger partial charge in [-0.2, -0.15) is 13.5 Å². The summed E-state index contributed by atoms with van der Waals surface area (Å²) >= 11 is 0. The third-order valence-corrected chi connectivity index (χ3v) is 7.69. The van der Waals surface area contributed by atoms with Gasteiger partial charge >= 0.3 is 124 Å². The molecule has 0 aliphatic rings. The third-order valence-electron chi connectivity index (χ3n) is 6.83. The van der Waals surface area contributed by atoms with E-state index < -0.39 is 66.8 Å². The summed E-state index contributed by atoms with van der Waals surface area (Å²) in [7, 11) is -4.99. The van der Waals surface area contributed by atoms with Crippen molar-refractivity contribution in [2.24, 2.45) is 20.5 Å². The fourth-order valence-corrected chi connectivity index (χ4v) is 5.19. The van der Waals surface area contributed by atoms with Crippen molar-refractivity contribution in [1.29, 1.82) is 0 Å². The first-order chi connectivity index (χ1) is 22.6. The molecule has 0 aromatic heterocycles. The van der Waals surface area contributed by atoms with Crippen LogP contribution < -0.4 is 144 Å². The second-order valence-electron chi connectivity index (χ2n) is 9.93. The Hall–Kier alpha value is -2.72. The monoisotopic (exact) mass is 759 g/mol. The molecule has 4 N–H and O–H groups in total. The molecular weight excluding hydrogens is 742 g/mol. The van der Waals surface area contributed by atoms with Crippen molar-refractivity contribution in [1.82, 2.24) is 0 Å². The average molecular weight is 760 g/mol. The minimum atomic E-state index is -4.99. The Morgan fingerprint density at radius 3 is 1.69 bits per heavy atom. The maximum absolute atomic E-state index is 13.1. The predicted molar refractivity (Wildman–Crippen MR) is 159 cm³/mol. The number of carboxylic acids is 3. The number of hydrogen-bond donors (Lipinski definition) is 3. The number of anilines is 1. The first-order valence-electron chi connectivity index (χ1n) is 13.2. The number of nitrogens with zero attached hydrogens (tertiary/aromatic N) is 4. The maximum atomic E-state index is 13.1. The number of carboxylic acid groups (broad SMARTS) is 3. The van der Waals surface area contributed by atoms with Crippen molar-refractivity contribution in [3.05, 3.63) is 95.6 Å². The Balaban J connectivity index is 0.00000338. The predicted octanol–water partition coefficient (Wildman–Crippen LogP) is -9.25. The molecule has 242 valence electrons. The van der Waals surface area contributed by atoms with Gasteiger partial charge in [-0.05, 0) is 76.5 Å². The first-order valence-corrected chi connectivity index (χ1v) is 14.7. The van der Waals surface area contributed by atoms with Gasteiger partial charge in [-0.15, -0.1) is 15.3 Å². The molecule has 5 aromatic rings. The summed E-state index contributed by atoms with van der Waals surface area (Å²) in [5.41, 5.74) is 3.11. The number of nitrogens with two attached hydrogens (primary N) is 1. The number of fused-ring (bicyclic) bond motifs is 1. The zero-order chi connectivity index (χ0) is 34.9. The minimum Gasteiger partial charge on any atom is -0.872 e. The Bertz CT molecular complexity index is 2380. The SMILES string of the molecule is Nc1ccc2cc(S(=O)(=O)O)c(N=Nc3ccc(-c4ccc(N=Nc5ccc([O-])c(C(=O)O)c5)c(C(=O)[O-])c4)cc3C(=O)[O-])c([O-])c2c1.[Na+].[Na+].[Na+].[Na+]. The van der Waals surface area contributed by atoms with Gasteiger partial charge in [-0.25, -0.2) is 4.79 Å². The van der Waals surface area contributed by atoms with E-state index in [1.54, 1.807) is 0 Å². The van der Waals surface area contributed by atoms with Gasteiger partial charge in [0.15, 0.2) is 0 Å². The van der Waals surface area contributed by atoms with E-state index in [9.17, 15) is 47.8 Å². The number of carbonyl (C=O) groups is 3. The number of carbonyl (C=O) groups excluding carboxylic acids is 2. The van der Waals surface area contributed by atoms with Crippen molar-refractivity contribution in [3.8, 4) is 22.6 Å². The van der Waals surface area contributed by atoms with Gasteiger partial charge in [0.05, 0.1) is 40.3 Å². The van der Waals surface area contributed by atoms with Crippen LogP contribution in [0.3, 0.4) is 0 Å². The zero-order valence-corrected chi connectivity index (χ0v) is 36.7. The third kappa shape index (κ3) is 10.7. The molecule has 0 fully saturated rings. The molecule has 0 spiro atoms.